The summed E-state index contributed by atoms with van der Waals surface area (Å²) in [4.78, 5) is 31.3. The first-order valence-electron chi connectivity index (χ1n) is 5.74. The molecule has 0 aliphatic carbocycles. The first-order valence-corrected chi connectivity index (χ1v) is 6.87. The SMILES string of the molecule is C=C(C)C(=O)OCCOP(O)OCCOC(=O)C(=C)C. The molecule has 0 aliphatic heterocycles. The zero-order valence-electron chi connectivity index (χ0n) is 11.6. The van der Waals surface area contributed by atoms with Crippen LogP contribution in [0, 0.1) is 0 Å². The van der Waals surface area contributed by atoms with Crippen molar-refractivity contribution >= 4 is 20.5 Å². The van der Waals surface area contributed by atoms with Gasteiger partial charge in [0.1, 0.15) is 13.2 Å². The molecule has 0 aromatic heterocycles. The van der Waals surface area contributed by atoms with Gasteiger partial charge in [-0.25, -0.2) is 9.59 Å². The van der Waals surface area contributed by atoms with Gasteiger partial charge in [-0.1, -0.05) is 13.2 Å². The molecule has 0 rings (SSSR count). The summed E-state index contributed by atoms with van der Waals surface area (Å²) in [5.74, 6) is -1.05. The van der Waals surface area contributed by atoms with Crippen LogP contribution in [0.1, 0.15) is 13.8 Å². The molecule has 0 spiro atoms. The maximum Gasteiger partial charge on any atom is 0.333 e. The second kappa shape index (κ2) is 10.5. The quantitative estimate of drug-likeness (QED) is 0.283. The highest BCUT2D eigenvalue weighted by molar-refractivity contribution is 7.40. The van der Waals surface area contributed by atoms with Crippen molar-refractivity contribution in [2.75, 3.05) is 26.4 Å². The fourth-order valence-electron chi connectivity index (χ4n) is 0.783. The van der Waals surface area contributed by atoms with Crippen LogP contribution in [0.4, 0.5) is 0 Å². The monoisotopic (exact) mass is 306 g/mol. The molecule has 0 fully saturated rings. The van der Waals surface area contributed by atoms with Gasteiger partial charge in [0.2, 0.25) is 0 Å². The molecule has 114 valence electrons. The summed E-state index contributed by atoms with van der Waals surface area (Å²) in [6.45, 7) is 9.83. The Morgan fingerprint density at radius 1 is 0.900 bits per heavy atom. The highest BCUT2D eigenvalue weighted by Crippen LogP contribution is 2.31. The molecule has 0 saturated carbocycles. The van der Waals surface area contributed by atoms with Crippen molar-refractivity contribution in [3.63, 3.8) is 0 Å². The summed E-state index contributed by atoms with van der Waals surface area (Å²) in [5, 5.41) is 0. The zero-order chi connectivity index (χ0) is 15.5. The molecule has 0 radical (unpaired) electrons. The van der Waals surface area contributed by atoms with E-state index in [2.05, 4.69) is 13.2 Å². The third kappa shape index (κ3) is 9.63. The van der Waals surface area contributed by atoms with Crippen molar-refractivity contribution in [3.05, 3.63) is 24.3 Å². The Morgan fingerprint density at radius 2 is 1.25 bits per heavy atom. The van der Waals surface area contributed by atoms with Gasteiger partial charge in [-0.2, -0.15) is 0 Å². The molecule has 7 nitrogen and oxygen atoms in total. The average Bonchev–Trinajstić information content (AvgIpc) is 2.38. The number of carbonyl (C=O) groups is 2. The summed E-state index contributed by atoms with van der Waals surface area (Å²) in [7, 11) is -2.10. The molecular weight excluding hydrogens is 287 g/mol. The maximum absolute atomic E-state index is 11.0. The number of hydrogen-bond donors (Lipinski definition) is 1. The van der Waals surface area contributed by atoms with E-state index < -0.39 is 20.5 Å². The summed E-state index contributed by atoms with van der Waals surface area (Å²) >= 11 is 0. The van der Waals surface area contributed by atoms with E-state index in [4.69, 9.17) is 18.5 Å². The molecule has 1 N–H and O–H groups in total. The Bertz CT molecular complexity index is 333. The number of hydrogen-bond acceptors (Lipinski definition) is 7. The third-order valence-electron chi connectivity index (χ3n) is 1.73. The van der Waals surface area contributed by atoms with Crippen molar-refractivity contribution in [1.29, 1.82) is 0 Å². The molecule has 0 unspecified atom stereocenters. The van der Waals surface area contributed by atoms with Gasteiger partial charge in [-0.3, -0.25) is 0 Å². The van der Waals surface area contributed by atoms with Crippen LogP contribution in [-0.2, 0) is 28.1 Å². The molecule has 20 heavy (non-hydrogen) atoms. The fourth-order valence-corrected chi connectivity index (χ4v) is 1.32. The Hall–Kier alpha value is -1.27. The molecule has 0 saturated heterocycles. The smallest absolute Gasteiger partial charge is 0.333 e. The Morgan fingerprint density at radius 3 is 1.55 bits per heavy atom. The lowest BCUT2D eigenvalue weighted by Crippen LogP contribution is -2.11. The molecule has 0 bridgehead atoms. The van der Waals surface area contributed by atoms with Gasteiger partial charge in [-0.15, -0.1) is 0 Å². The lowest BCUT2D eigenvalue weighted by Gasteiger charge is -2.11. The predicted octanol–water partition coefficient (Wildman–Crippen LogP) is 1.48. The minimum Gasteiger partial charge on any atom is -0.460 e. The Balaban J connectivity index is 3.53. The van der Waals surface area contributed by atoms with E-state index in [-0.39, 0.29) is 37.6 Å². The van der Waals surface area contributed by atoms with Crippen LogP contribution >= 0.6 is 8.60 Å². The van der Waals surface area contributed by atoms with Crippen LogP contribution in [0.25, 0.3) is 0 Å². The Labute approximate surface area is 119 Å². The van der Waals surface area contributed by atoms with E-state index in [1.165, 1.54) is 13.8 Å². The van der Waals surface area contributed by atoms with Crippen molar-refractivity contribution in [2.24, 2.45) is 0 Å². The van der Waals surface area contributed by atoms with Crippen molar-refractivity contribution in [1.82, 2.24) is 0 Å². The summed E-state index contributed by atoms with van der Waals surface area (Å²) < 4.78 is 19.2. The molecule has 0 aliphatic rings. The van der Waals surface area contributed by atoms with E-state index in [1.807, 2.05) is 0 Å². The lowest BCUT2D eigenvalue weighted by molar-refractivity contribution is -0.140. The predicted molar refractivity (Wildman–Crippen MR) is 72.6 cm³/mol. The molecule has 0 heterocycles. The maximum atomic E-state index is 11.0. The first kappa shape index (κ1) is 18.7. The third-order valence-corrected chi connectivity index (χ3v) is 2.54. The minimum absolute atomic E-state index is 0.00717. The number of esters is 2. The highest BCUT2D eigenvalue weighted by Gasteiger charge is 2.09. The van der Waals surface area contributed by atoms with Crippen LogP contribution in [0.15, 0.2) is 24.3 Å². The second-order valence-electron chi connectivity index (χ2n) is 3.74. The van der Waals surface area contributed by atoms with Gasteiger partial charge in [0, 0.05) is 11.1 Å². The fraction of sp³-hybridized carbons (Fsp3) is 0.500. The van der Waals surface area contributed by atoms with E-state index in [9.17, 15) is 14.5 Å². The standard InChI is InChI=1S/C12H19O7P/c1-9(2)11(13)16-5-7-18-20(15)19-8-6-17-12(14)10(3)4/h15H,1,3,5-8H2,2,4H3. The van der Waals surface area contributed by atoms with E-state index in [0.29, 0.717) is 0 Å². The van der Waals surface area contributed by atoms with E-state index in [0.717, 1.165) is 0 Å². The molecular formula is C12H19O7P. The van der Waals surface area contributed by atoms with Crippen LogP contribution < -0.4 is 0 Å². The molecule has 0 amide bonds. The van der Waals surface area contributed by atoms with Crippen LogP contribution in [0.2, 0.25) is 0 Å². The topological polar surface area (TPSA) is 91.3 Å². The lowest BCUT2D eigenvalue weighted by atomic mass is 10.4. The van der Waals surface area contributed by atoms with Gasteiger partial charge in [0.25, 0.3) is 0 Å². The van der Waals surface area contributed by atoms with Gasteiger partial charge in [0.05, 0.1) is 13.2 Å². The number of rotatable bonds is 10. The van der Waals surface area contributed by atoms with Gasteiger partial charge < -0.3 is 23.4 Å². The van der Waals surface area contributed by atoms with Crippen molar-refractivity contribution in [3.8, 4) is 0 Å². The summed E-state index contributed by atoms with van der Waals surface area (Å²) in [5.41, 5.74) is 0.568. The summed E-state index contributed by atoms with van der Waals surface area (Å²) in [6, 6.07) is 0. The van der Waals surface area contributed by atoms with Crippen molar-refractivity contribution in [2.45, 2.75) is 13.8 Å². The van der Waals surface area contributed by atoms with Crippen molar-refractivity contribution < 1.29 is 33.0 Å². The van der Waals surface area contributed by atoms with Crippen LogP contribution in [0.5, 0.6) is 0 Å². The normalized spacial score (nSPS) is 10.2. The minimum atomic E-state index is -2.10. The van der Waals surface area contributed by atoms with E-state index >= 15 is 0 Å². The zero-order valence-corrected chi connectivity index (χ0v) is 12.5. The summed E-state index contributed by atoms with van der Waals surface area (Å²) in [6.07, 6.45) is 0. The molecule has 0 aromatic rings. The van der Waals surface area contributed by atoms with Crippen LogP contribution in [-0.4, -0.2) is 43.3 Å². The van der Waals surface area contributed by atoms with Gasteiger partial charge >= 0.3 is 20.5 Å². The van der Waals surface area contributed by atoms with Crippen LogP contribution in [0.3, 0.4) is 0 Å². The highest BCUT2D eigenvalue weighted by atomic mass is 31.2. The molecule has 8 heteroatoms. The molecule has 0 atom stereocenters. The number of carbonyl (C=O) groups excluding carboxylic acids is 2. The first-order chi connectivity index (χ1) is 9.34. The van der Waals surface area contributed by atoms with Gasteiger partial charge in [0.15, 0.2) is 0 Å². The largest absolute Gasteiger partial charge is 0.460 e. The Kier molecular flexibility index (Phi) is 9.84. The number of ether oxygens (including phenoxy) is 2. The van der Waals surface area contributed by atoms with Gasteiger partial charge in [-0.05, 0) is 13.8 Å². The second-order valence-corrected chi connectivity index (χ2v) is 4.73. The van der Waals surface area contributed by atoms with E-state index in [1.54, 1.807) is 0 Å². The molecule has 0 aromatic carbocycles. The average molecular weight is 306 g/mol.